The minimum atomic E-state index is -1.61. The molecule has 1 atom stereocenters. The Hall–Kier alpha value is 0.252. The molecule has 2 rings (SSSR count). The predicted molar refractivity (Wildman–Crippen MR) is 91.0 cm³/mol. The summed E-state index contributed by atoms with van der Waals surface area (Å²) in [6.07, 6.45) is 0. The Labute approximate surface area is 148 Å². The SMILES string of the molecule is C[PH][Cr]([O]c1ccccc1Br)[O]c1ccccc1Br.Cl. The van der Waals surface area contributed by atoms with Crippen molar-refractivity contribution in [3.63, 3.8) is 0 Å². The first-order chi connectivity index (χ1) is 9.20. The molecule has 0 aromatic heterocycles. The van der Waals surface area contributed by atoms with Crippen molar-refractivity contribution in [3.8, 4) is 11.5 Å². The molecule has 0 spiro atoms. The van der Waals surface area contributed by atoms with Gasteiger partial charge in [-0.2, -0.15) is 0 Å². The van der Waals surface area contributed by atoms with E-state index in [0.29, 0.717) is 7.23 Å². The molecule has 0 saturated carbocycles. The molecule has 2 aromatic carbocycles. The van der Waals surface area contributed by atoms with Crippen LogP contribution in [0.2, 0.25) is 0 Å². The molecule has 0 heterocycles. The van der Waals surface area contributed by atoms with E-state index in [2.05, 4.69) is 38.5 Å². The zero-order chi connectivity index (χ0) is 13.7. The summed E-state index contributed by atoms with van der Waals surface area (Å²) >= 11 is 5.37. The van der Waals surface area contributed by atoms with Crippen molar-refractivity contribution < 1.29 is 21.9 Å². The van der Waals surface area contributed by atoms with Crippen LogP contribution in [-0.4, -0.2) is 6.66 Å². The number of halogens is 3. The van der Waals surface area contributed by atoms with Crippen LogP contribution in [-0.2, 0) is 14.4 Å². The summed E-state index contributed by atoms with van der Waals surface area (Å²) in [7, 11) is 0.632. The Morgan fingerprint density at radius 1 is 0.850 bits per heavy atom. The fourth-order valence-electron chi connectivity index (χ4n) is 1.29. The van der Waals surface area contributed by atoms with E-state index in [0.717, 1.165) is 20.4 Å². The summed E-state index contributed by atoms with van der Waals surface area (Å²) in [6.45, 7) is 2.11. The summed E-state index contributed by atoms with van der Waals surface area (Å²) in [4.78, 5) is 0. The van der Waals surface area contributed by atoms with E-state index in [-0.39, 0.29) is 12.4 Å². The minimum Gasteiger partial charge on any atom is -0.147 e. The quantitative estimate of drug-likeness (QED) is 0.508. The number of hydrogen-bond acceptors (Lipinski definition) is 2. The van der Waals surface area contributed by atoms with Gasteiger partial charge in [0, 0.05) is 0 Å². The van der Waals surface area contributed by atoms with Crippen molar-refractivity contribution in [1.29, 1.82) is 0 Å². The van der Waals surface area contributed by atoms with Crippen LogP contribution >= 0.6 is 51.5 Å². The van der Waals surface area contributed by atoms with Gasteiger partial charge < -0.3 is 0 Å². The average molecular weight is 479 g/mol. The normalized spacial score (nSPS) is 10.6. The molecule has 1 unspecified atom stereocenters. The van der Waals surface area contributed by atoms with Gasteiger partial charge in [0.05, 0.1) is 0 Å². The first-order valence-electron chi connectivity index (χ1n) is 5.48. The van der Waals surface area contributed by atoms with Crippen molar-refractivity contribution in [2.75, 3.05) is 6.66 Å². The second-order valence-electron chi connectivity index (χ2n) is 3.47. The van der Waals surface area contributed by atoms with Crippen molar-refractivity contribution in [1.82, 2.24) is 0 Å². The van der Waals surface area contributed by atoms with Gasteiger partial charge in [-0.25, -0.2) is 0 Å². The molecule has 2 nitrogen and oxygen atoms in total. The molecule has 109 valence electrons. The van der Waals surface area contributed by atoms with Gasteiger partial charge >= 0.3 is 137 Å². The summed E-state index contributed by atoms with van der Waals surface area (Å²) in [5, 5.41) is 0. The van der Waals surface area contributed by atoms with Crippen LogP contribution in [0, 0.1) is 0 Å². The Bertz CT molecular complexity index is 512. The topological polar surface area (TPSA) is 18.5 Å². The van der Waals surface area contributed by atoms with Crippen molar-refractivity contribution in [2.45, 2.75) is 0 Å². The molecular formula is C13H13Br2ClCrO2P. The average Bonchev–Trinajstić information content (AvgIpc) is 2.42. The van der Waals surface area contributed by atoms with E-state index in [1.165, 1.54) is 0 Å². The molecule has 7 heteroatoms. The Morgan fingerprint density at radius 2 is 1.25 bits per heavy atom. The van der Waals surface area contributed by atoms with E-state index in [1.54, 1.807) is 0 Å². The van der Waals surface area contributed by atoms with Gasteiger partial charge in [-0.15, -0.1) is 12.4 Å². The van der Waals surface area contributed by atoms with E-state index in [1.807, 2.05) is 48.5 Å². The maximum Gasteiger partial charge on any atom is -0.147 e. The van der Waals surface area contributed by atoms with Crippen LogP contribution in [0.5, 0.6) is 11.5 Å². The molecule has 0 aliphatic carbocycles. The zero-order valence-electron chi connectivity index (χ0n) is 10.5. The summed E-state index contributed by atoms with van der Waals surface area (Å²) in [5.41, 5.74) is 0. The van der Waals surface area contributed by atoms with Gasteiger partial charge in [0.25, 0.3) is 0 Å². The summed E-state index contributed by atoms with van der Waals surface area (Å²) in [5.74, 6) is 1.68. The molecule has 0 radical (unpaired) electrons. The van der Waals surface area contributed by atoms with E-state index in [9.17, 15) is 0 Å². The zero-order valence-corrected chi connectivity index (χ0v) is 16.8. The summed E-state index contributed by atoms with van der Waals surface area (Å²) < 4.78 is 13.9. The van der Waals surface area contributed by atoms with Gasteiger partial charge in [-0.05, 0) is 0 Å². The molecule has 0 aliphatic rings. The molecule has 0 aliphatic heterocycles. The van der Waals surface area contributed by atoms with E-state index in [4.69, 9.17) is 7.58 Å². The molecule has 2 aromatic rings. The van der Waals surface area contributed by atoms with Crippen molar-refractivity contribution in [3.05, 3.63) is 57.5 Å². The molecule has 0 amide bonds. The van der Waals surface area contributed by atoms with Gasteiger partial charge in [-0.3, -0.25) is 0 Å². The first kappa shape index (κ1) is 18.3. The van der Waals surface area contributed by atoms with Crippen LogP contribution in [0.15, 0.2) is 57.5 Å². The van der Waals surface area contributed by atoms with E-state index < -0.39 is 14.4 Å². The third-order valence-corrected chi connectivity index (χ3v) is 7.10. The standard InChI is InChI=1S/2C6H5BrO.CH4P.ClH.Cr/c2*7-5-3-1-2-4-6(5)8;1-2;;/h2*1-4,8H;2H,1H3;1H;/q;;-1;;+3/p-2. The fourth-order valence-corrected chi connectivity index (χ4v) is 5.07. The number of benzene rings is 2. The molecule has 0 bridgehead atoms. The number of para-hydroxylation sites is 2. The minimum absolute atomic E-state index is 0. The molecule has 0 fully saturated rings. The predicted octanol–water partition coefficient (Wildman–Crippen LogP) is 5.76. The van der Waals surface area contributed by atoms with Crippen LogP contribution in [0.25, 0.3) is 0 Å². The molecule has 20 heavy (non-hydrogen) atoms. The van der Waals surface area contributed by atoms with Gasteiger partial charge in [0.2, 0.25) is 0 Å². The Kier molecular flexibility index (Phi) is 8.52. The van der Waals surface area contributed by atoms with Gasteiger partial charge in [0.1, 0.15) is 0 Å². The smallest absolute Gasteiger partial charge is 0.147 e. The number of rotatable bonds is 5. The third-order valence-electron chi connectivity index (χ3n) is 2.17. The van der Waals surface area contributed by atoms with Crippen LogP contribution in [0.4, 0.5) is 0 Å². The Balaban J connectivity index is 0.00000200. The Morgan fingerprint density at radius 3 is 1.60 bits per heavy atom. The van der Waals surface area contributed by atoms with E-state index >= 15 is 0 Å². The monoisotopic (exact) mass is 477 g/mol. The maximum atomic E-state index is 6.00. The van der Waals surface area contributed by atoms with Crippen LogP contribution in [0.1, 0.15) is 0 Å². The number of hydrogen-bond donors (Lipinski definition) is 0. The largest absolute Gasteiger partial charge is 0.147 e. The second kappa shape index (κ2) is 9.31. The molecule has 0 saturated heterocycles. The van der Waals surface area contributed by atoms with Crippen molar-refractivity contribution >= 4 is 51.5 Å². The van der Waals surface area contributed by atoms with Gasteiger partial charge in [-0.1, -0.05) is 0 Å². The van der Waals surface area contributed by atoms with Crippen molar-refractivity contribution in [2.24, 2.45) is 0 Å². The third kappa shape index (κ3) is 5.22. The maximum absolute atomic E-state index is 6.00. The van der Waals surface area contributed by atoms with Crippen LogP contribution in [0.3, 0.4) is 0 Å². The second-order valence-corrected chi connectivity index (χ2v) is 10.1. The molecular weight excluding hydrogens is 466 g/mol. The summed E-state index contributed by atoms with van der Waals surface area (Å²) in [6, 6.07) is 15.7. The fraction of sp³-hybridized carbons (Fsp3) is 0.0769. The van der Waals surface area contributed by atoms with Gasteiger partial charge in [0.15, 0.2) is 0 Å². The van der Waals surface area contributed by atoms with Crippen LogP contribution < -0.4 is 7.58 Å². The molecule has 0 N–H and O–H groups in total. The first-order valence-corrected chi connectivity index (χ1v) is 11.4.